The minimum atomic E-state index is -0.706. The highest BCUT2D eigenvalue weighted by Crippen LogP contribution is 2.27. The van der Waals surface area contributed by atoms with E-state index in [1.807, 2.05) is 44.3 Å². The number of benzene rings is 1. The fourth-order valence-electron chi connectivity index (χ4n) is 3.64. The van der Waals surface area contributed by atoms with Gasteiger partial charge in [-0.3, -0.25) is 9.69 Å². The molecule has 1 amide bonds. The smallest absolute Gasteiger partial charge is 0.328 e. The number of nitriles is 1. The zero-order valence-electron chi connectivity index (χ0n) is 21.0. The lowest BCUT2D eigenvalue weighted by Gasteiger charge is -2.30. The zero-order chi connectivity index (χ0) is 26.7. The lowest BCUT2D eigenvalue weighted by atomic mass is 10.1. The summed E-state index contributed by atoms with van der Waals surface area (Å²) in [5.74, 6) is 0.238. The van der Waals surface area contributed by atoms with Crippen molar-refractivity contribution in [2.24, 2.45) is 4.99 Å². The molecule has 2 aromatic rings. The fraction of sp³-hybridized carbons (Fsp3) is 0.400. The summed E-state index contributed by atoms with van der Waals surface area (Å²) in [5.41, 5.74) is 3.64. The number of carbonyl (C=O) groups is 2. The van der Waals surface area contributed by atoms with Crippen molar-refractivity contribution in [3.8, 4) is 6.19 Å². The van der Waals surface area contributed by atoms with Crippen LogP contribution in [0.5, 0.6) is 0 Å². The summed E-state index contributed by atoms with van der Waals surface area (Å²) in [4.78, 5) is 35.4. The van der Waals surface area contributed by atoms with Crippen LogP contribution >= 0.6 is 23.4 Å². The van der Waals surface area contributed by atoms with E-state index in [9.17, 15) is 9.59 Å². The minimum absolute atomic E-state index is 0.0882. The van der Waals surface area contributed by atoms with Crippen molar-refractivity contribution in [1.29, 1.82) is 5.26 Å². The van der Waals surface area contributed by atoms with E-state index >= 15 is 0 Å². The van der Waals surface area contributed by atoms with Crippen molar-refractivity contribution in [1.82, 2.24) is 9.88 Å². The van der Waals surface area contributed by atoms with Gasteiger partial charge < -0.3 is 14.4 Å². The number of thioether (sulfide) groups is 1. The minimum Gasteiger partial charge on any atom is -0.467 e. The van der Waals surface area contributed by atoms with E-state index in [0.29, 0.717) is 5.15 Å². The predicted molar refractivity (Wildman–Crippen MR) is 142 cm³/mol. The van der Waals surface area contributed by atoms with Gasteiger partial charge in [-0.05, 0) is 43.5 Å². The molecule has 3 rings (SSSR count). The standard InChI is InChI=1S/C15H21NO4.C10H9ClN4S/c1-10-7-6-8-11(2)14(10)16(13(17)9-19-4)12(3)15(18)20-5;11-9-2-1-8(5-13-9)6-15-3-4-16-10(15)14-7-12/h6-8,12H,9H2,1-5H3;1-2,5H,3-4,6H2/t12-;/m1./s1. The van der Waals surface area contributed by atoms with Crippen LogP contribution in [0.3, 0.4) is 0 Å². The van der Waals surface area contributed by atoms with Crippen molar-refractivity contribution in [2.45, 2.75) is 33.4 Å². The second-order valence-electron chi connectivity index (χ2n) is 7.89. The van der Waals surface area contributed by atoms with E-state index in [4.69, 9.17) is 26.3 Å². The molecule has 0 N–H and O–H groups in total. The summed E-state index contributed by atoms with van der Waals surface area (Å²) >= 11 is 7.32. The van der Waals surface area contributed by atoms with Crippen LogP contribution in [-0.2, 0) is 25.6 Å². The van der Waals surface area contributed by atoms with Crippen LogP contribution in [0.15, 0.2) is 41.5 Å². The summed E-state index contributed by atoms with van der Waals surface area (Å²) in [6.45, 7) is 6.99. The molecule has 192 valence electrons. The van der Waals surface area contributed by atoms with Gasteiger partial charge in [0.05, 0.1) is 12.8 Å². The monoisotopic (exact) mass is 531 g/mol. The summed E-state index contributed by atoms with van der Waals surface area (Å²) in [7, 11) is 2.76. The molecule has 0 saturated carbocycles. The van der Waals surface area contributed by atoms with E-state index < -0.39 is 12.0 Å². The molecule has 0 bridgehead atoms. The van der Waals surface area contributed by atoms with Gasteiger partial charge >= 0.3 is 5.97 Å². The first kappa shape index (κ1) is 29.1. The van der Waals surface area contributed by atoms with Crippen LogP contribution < -0.4 is 4.90 Å². The van der Waals surface area contributed by atoms with Crippen LogP contribution in [0.1, 0.15) is 23.6 Å². The maximum Gasteiger partial charge on any atom is 0.328 e. The molecule has 0 aliphatic carbocycles. The molecule has 1 aromatic heterocycles. The molecule has 0 radical (unpaired) electrons. The Hall–Kier alpha value is -3.13. The lowest BCUT2D eigenvalue weighted by molar-refractivity contribution is -0.143. The Morgan fingerprint density at radius 3 is 2.53 bits per heavy atom. The fourth-order valence-corrected chi connectivity index (χ4v) is 4.69. The van der Waals surface area contributed by atoms with Crippen LogP contribution in [0.4, 0.5) is 5.69 Å². The second kappa shape index (κ2) is 14.4. The second-order valence-corrected chi connectivity index (χ2v) is 9.34. The number of para-hydroxylation sites is 1. The van der Waals surface area contributed by atoms with Gasteiger partial charge in [0.15, 0.2) is 5.17 Å². The molecule has 0 unspecified atom stereocenters. The summed E-state index contributed by atoms with van der Waals surface area (Å²) in [6.07, 6.45) is 3.57. The van der Waals surface area contributed by atoms with E-state index in [1.54, 1.807) is 30.9 Å². The van der Waals surface area contributed by atoms with Gasteiger partial charge in [0.25, 0.3) is 5.91 Å². The average Bonchev–Trinajstić information content (AvgIpc) is 3.29. The number of rotatable bonds is 7. The quantitative estimate of drug-likeness (QED) is 0.300. The maximum atomic E-state index is 12.3. The number of esters is 1. The van der Waals surface area contributed by atoms with Crippen LogP contribution in [-0.4, -0.2) is 66.1 Å². The molecule has 1 atom stereocenters. The third kappa shape index (κ3) is 7.95. The molecule has 11 heteroatoms. The largest absolute Gasteiger partial charge is 0.467 e. The maximum absolute atomic E-state index is 12.3. The molecule has 9 nitrogen and oxygen atoms in total. The van der Waals surface area contributed by atoms with Crippen LogP contribution in [0.2, 0.25) is 5.15 Å². The van der Waals surface area contributed by atoms with Gasteiger partial charge in [0.1, 0.15) is 17.8 Å². The molecule has 1 aliphatic rings. The normalized spacial score (nSPS) is 14.5. The Balaban J connectivity index is 0.000000259. The lowest BCUT2D eigenvalue weighted by Crippen LogP contribution is -2.46. The van der Waals surface area contributed by atoms with Crippen molar-refractivity contribution >= 4 is 46.1 Å². The SMILES string of the molecule is COCC(=O)N(c1c(C)cccc1C)[C@H](C)C(=O)OC.N#CN=C1SCCN1Cc1ccc(Cl)nc1. The van der Waals surface area contributed by atoms with Gasteiger partial charge in [0.2, 0.25) is 6.19 Å². The Morgan fingerprint density at radius 1 is 1.28 bits per heavy atom. The number of ether oxygens (including phenoxy) is 2. The number of halogens is 1. The van der Waals surface area contributed by atoms with Gasteiger partial charge in [-0.1, -0.05) is 47.6 Å². The number of hydrogen-bond acceptors (Lipinski definition) is 8. The number of amides is 1. The van der Waals surface area contributed by atoms with Gasteiger partial charge in [-0.15, -0.1) is 4.99 Å². The third-order valence-corrected chi connectivity index (χ3v) is 6.54. The van der Waals surface area contributed by atoms with Crippen molar-refractivity contribution < 1.29 is 19.1 Å². The van der Waals surface area contributed by atoms with Gasteiger partial charge in [-0.25, -0.2) is 9.78 Å². The van der Waals surface area contributed by atoms with Crippen LogP contribution in [0.25, 0.3) is 0 Å². The first-order valence-corrected chi connectivity index (χ1v) is 12.5. The van der Waals surface area contributed by atoms with E-state index in [1.165, 1.54) is 19.1 Å². The summed E-state index contributed by atoms with van der Waals surface area (Å²) in [5, 5.41) is 9.82. The zero-order valence-corrected chi connectivity index (χ0v) is 22.6. The molecule has 1 saturated heterocycles. The molecular weight excluding hydrogens is 502 g/mol. The van der Waals surface area contributed by atoms with Crippen molar-refractivity contribution in [3.63, 3.8) is 0 Å². The number of nitrogens with zero attached hydrogens (tertiary/aromatic N) is 5. The number of aliphatic imine (C=N–C) groups is 1. The molecule has 0 spiro atoms. The molecule has 36 heavy (non-hydrogen) atoms. The highest BCUT2D eigenvalue weighted by Gasteiger charge is 2.30. The van der Waals surface area contributed by atoms with Gasteiger partial charge in [-0.2, -0.15) is 5.26 Å². The topological polar surface area (TPSA) is 108 Å². The average molecular weight is 532 g/mol. The predicted octanol–water partition coefficient (Wildman–Crippen LogP) is 3.97. The molecule has 1 aliphatic heterocycles. The number of hydrogen-bond donors (Lipinski definition) is 0. The number of anilines is 1. The molecule has 1 fully saturated rings. The molecular formula is C25H30ClN5O4S. The highest BCUT2D eigenvalue weighted by atomic mass is 35.5. The number of pyridine rings is 1. The van der Waals surface area contributed by atoms with E-state index in [2.05, 4.69) is 14.9 Å². The highest BCUT2D eigenvalue weighted by molar-refractivity contribution is 8.14. The van der Waals surface area contributed by atoms with Crippen molar-refractivity contribution in [2.75, 3.05) is 38.0 Å². The third-order valence-electron chi connectivity index (χ3n) is 5.32. The Kier molecular flexibility index (Phi) is 11.7. The van der Waals surface area contributed by atoms with Gasteiger partial charge in [0, 0.05) is 32.1 Å². The Morgan fingerprint density at radius 2 is 1.97 bits per heavy atom. The van der Waals surface area contributed by atoms with E-state index in [-0.39, 0.29) is 12.5 Å². The first-order valence-electron chi connectivity index (χ1n) is 11.1. The Labute approximate surface area is 221 Å². The Bertz CT molecular complexity index is 1100. The summed E-state index contributed by atoms with van der Waals surface area (Å²) in [6, 6.07) is 8.71. The molecule has 2 heterocycles. The van der Waals surface area contributed by atoms with Crippen LogP contribution in [0, 0.1) is 25.3 Å². The number of amidine groups is 1. The summed E-state index contributed by atoms with van der Waals surface area (Å²) < 4.78 is 9.65. The van der Waals surface area contributed by atoms with E-state index in [0.717, 1.165) is 46.4 Å². The number of carbonyl (C=O) groups excluding carboxylic acids is 2. The number of methoxy groups -OCH3 is 2. The number of aromatic nitrogens is 1. The van der Waals surface area contributed by atoms with Crippen molar-refractivity contribution in [3.05, 3.63) is 58.4 Å². The molecule has 1 aromatic carbocycles. The number of aryl methyl sites for hydroxylation is 2. The first-order chi connectivity index (χ1) is 17.2.